The van der Waals surface area contributed by atoms with Gasteiger partial charge in [0.2, 0.25) is 5.91 Å². The van der Waals surface area contributed by atoms with Crippen molar-refractivity contribution in [2.45, 2.75) is 30.7 Å². The zero-order valence-electron chi connectivity index (χ0n) is 21.0. The van der Waals surface area contributed by atoms with Gasteiger partial charge in [0.1, 0.15) is 11.2 Å². The summed E-state index contributed by atoms with van der Waals surface area (Å²) in [7, 11) is 3.02. The van der Waals surface area contributed by atoms with E-state index >= 15 is 0 Å². The van der Waals surface area contributed by atoms with Gasteiger partial charge in [0.25, 0.3) is 5.91 Å². The zero-order valence-corrected chi connectivity index (χ0v) is 23.4. The van der Waals surface area contributed by atoms with Crippen LogP contribution in [-0.2, 0) is 14.6 Å². The zero-order chi connectivity index (χ0) is 26.8. The van der Waals surface area contributed by atoms with E-state index in [-0.39, 0.29) is 41.9 Å². The lowest BCUT2D eigenvalue weighted by Crippen LogP contribution is -2.52. The lowest BCUT2D eigenvalue weighted by Gasteiger charge is -2.26. The molecule has 3 atom stereocenters. The van der Waals surface area contributed by atoms with Crippen LogP contribution in [0.4, 0.5) is 10.1 Å². The number of carbonyl (C=O) groups excluding carboxylic acids is 2. The summed E-state index contributed by atoms with van der Waals surface area (Å²) in [5, 5.41) is 2.05. The molecule has 2 amide bonds. The highest BCUT2D eigenvalue weighted by atomic mass is 35.5. The van der Waals surface area contributed by atoms with Gasteiger partial charge in [-0.1, -0.05) is 18.5 Å². The number of thiophene rings is 1. The largest absolute Gasteiger partial charge is 0.345 e. The molecule has 0 aliphatic carbocycles. The number of anilines is 1. The Kier molecular flexibility index (Phi) is 9.16. The van der Waals surface area contributed by atoms with Crippen LogP contribution in [0, 0.1) is 5.82 Å². The summed E-state index contributed by atoms with van der Waals surface area (Å²) in [6.07, 6.45) is 0.326. The van der Waals surface area contributed by atoms with E-state index in [2.05, 4.69) is 5.32 Å². The van der Waals surface area contributed by atoms with Gasteiger partial charge in [0, 0.05) is 43.5 Å². The molecule has 0 radical (unpaired) electrons. The lowest BCUT2D eigenvalue weighted by molar-refractivity contribution is -0.118. The Bertz CT molecular complexity index is 1220. The molecule has 0 spiro atoms. The molecule has 198 valence electrons. The van der Waals surface area contributed by atoms with Gasteiger partial charge in [0.15, 0.2) is 9.84 Å². The van der Waals surface area contributed by atoms with E-state index in [1.807, 2.05) is 13.0 Å². The number of nitrogens with zero attached hydrogens (tertiary/aromatic N) is 3. The van der Waals surface area contributed by atoms with Gasteiger partial charge in [-0.25, -0.2) is 12.8 Å². The molecule has 1 N–H and O–H groups in total. The van der Waals surface area contributed by atoms with Crippen molar-refractivity contribution in [3.8, 4) is 0 Å². The minimum atomic E-state index is -3.66. The molecular weight excluding hydrogens is 527 g/mol. The number of amides is 2. The van der Waals surface area contributed by atoms with Gasteiger partial charge in [-0.15, -0.1) is 11.3 Å². The lowest BCUT2D eigenvalue weighted by atomic mass is 10.1. The molecule has 36 heavy (non-hydrogen) atoms. The van der Waals surface area contributed by atoms with Crippen LogP contribution in [0.3, 0.4) is 0 Å². The molecule has 1 aromatic heterocycles. The minimum absolute atomic E-state index is 0.0646. The number of benzene rings is 1. The van der Waals surface area contributed by atoms with Crippen LogP contribution in [0.15, 0.2) is 30.3 Å². The van der Waals surface area contributed by atoms with Gasteiger partial charge in [-0.05, 0) is 50.8 Å². The molecule has 2 aromatic rings. The first-order chi connectivity index (χ1) is 16.8. The van der Waals surface area contributed by atoms with Crippen LogP contribution in [-0.4, -0.2) is 88.5 Å². The summed E-state index contributed by atoms with van der Waals surface area (Å²) >= 11 is 7.36. The molecule has 2 heterocycles. The first kappa shape index (κ1) is 28.5. The Morgan fingerprint density at radius 1 is 1.25 bits per heavy atom. The Labute approximate surface area is 220 Å². The topological polar surface area (TPSA) is 90.0 Å². The minimum Gasteiger partial charge on any atom is -0.345 e. The highest BCUT2D eigenvalue weighted by molar-refractivity contribution is 7.92. The van der Waals surface area contributed by atoms with Crippen LogP contribution in [0.2, 0.25) is 4.34 Å². The second-order valence-electron chi connectivity index (χ2n) is 9.49. The number of halogens is 2. The second kappa shape index (κ2) is 11.6. The van der Waals surface area contributed by atoms with Crippen molar-refractivity contribution in [1.82, 2.24) is 15.1 Å². The Balaban J connectivity index is 1.76. The monoisotopic (exact) mass is 558 g/mol. The van der Waals surface area contributed by atoms with Crippen LogP contribution < -0.4 is 10.2 Å². The van der Waals surface area contributed by atoms with E-state index < -0.39 is 33.0 Å². The van der Waals surface area contributed by atoms with Crippen LogP contribution in [0.1, 0.15) is 34.5 Å². The fraction of sp³-hybridized carbons (Fsp3) is 0.500. The summed E-state index contributed by atoms with van der Waals surface area (Å²) in [6, 6.07) is 6.79. The maximum absolute atomic E-state index is 14.9. The molecule has 1 aromatic carbocycles. The number of hydrogen-bond acceptors (Lipinski definition) is 7. The molecule has 1 aliphatic heterocycles. The number of likely N-dealkylation sites (N-methyl/N-ethyl adjacent to an activating group) is 1. The van der Waals surface area contributed by atoms with Crippen molar-refractivity contribution in [2.24, 2.45) is 0 Å². The molecule has 0 saturated carbocycles. The van der Waals surface area contributed by atoms with Crippen LogP contribution in [0.5, 0.6) is 0 Å². The Morgan fingerprint density at radius 2 is 1.94 bits per heavy atom. The molecule has 1 saturated heterocycles. The highest BCUT2D eigenvalue weighted by Crippen LogP contribution is 2.30. The molecule has 1 aliphatic rings. The van der Waals surface area contributed by atoms with E-state index in [9.17, 15) is 22.4 Å². The Hall–Kier alpha value is -2.05. The first-order valence-electron chi connectivity index (χ1n) is 11.5. The maximum atomic E-state index is 14.9. The summed E-state index contributed by atoms with van der Waals surface area (Å²) < 4.78 is 42.2. The van der Waals surface area contributed by atoms with Crippen molar-refractivity contribution < 1.29 is 22.4 Å². The summed E-state index contributed by atoms with van der Waals surface area (Å²) in [5.41, 5.74) is 0.246. The van der Waals surface area contributed by atoms with Crippen molar-refractivity contribution in [1.29, 1.82) is 0 Å². The number of rotatable bonds is 10. The molecular formula is C24H32ClFN4O4S2. The number of sulfone groups is 1. The van der Waals surface area contributed by atoms with Crippen LogP contribution in [0.25, 0.3) is 0 Å². The third kappa shape index (κ3) is 6.63. The van der Waals surface area contributed by atoms with E-state index in [0.29, 0.717) is 10.8 Å². The van der Waals surface area contributed by atoms with Gasteiger partial charge < -0.3 is 14.7 Å². The van der Waals surface area contributed by atoms with Gasteiger partial charge in [-0.2, -0.15) is 0 Å². The molecule has 0 bridgehead atoms. The second-order valence-corrected chi connectivity index (χ2v) is 13.5. The summed E-state index contributed by atoms with van der Waals surface area (Å²) in [4.78, 5) is 30.6. The average molecular weight is 559 g/mol. The number of carbonyl (C=O) groups is 2. The van der Waals surface area contributed by atoms with E-state index in [4.69, 9.17) is 11.6 Å². The highest BCUT2D eigenvalue weighted by Gasteiger charge is 2.38. The van der Waals surface area contributed by atoms with Gasteiger partial charge >= 0.3 is 0 Å². The van der Waals surface area contributed by atoms with Crippen LogP contribution >= 0.6 is 22.9 Å². The predicted octanol–water partition coefficient (Wildman–Crippen LogP) is 3.04. The predicted molar refractivity (Wildman–Crippen MR) is 142 cm³/mol. The molecule has 8 nitrogen and oxygen atoms in total. The number of hydrogen-bond donors (Lipinski definition) is 1. The van der Waals surface area contributed by atoms with E-state index in [0.717, 1.165) is 10.9 Å². The van der Waals surface area contributed by atoms with Gasteiger partial charge in [0.05, 0.1) is 21.8 Å². The first-order valence-corrected chi connectivity index (χ1v) is 14.4. The summed E-state index contributed by atoms with van der Waals surface area (Å²) in [6.45, 7) is 2.25. The normalized spacial score (nSPS) is 18.1. The smallest absolute Gasteiger partial charge is 0.253 e. The SMILES string of the molecule is C[C@@H](CS(=O)(=O)[C@@H](CN(C)C)N[C@H]1CCN(c2ccc(C(=O)N(C)C)cc2F)C1=O)c1ccc(Cl)s1. The number of nitrogens with one attached hydrogen (secondary N) is 1. The van der Waals surface area contributed by atoms with E-state index in [1.165, 1.54) is 33.3 Å². The Morgan fingerprint density at radius 3 is 2.50 bits per heavy atom. The van der Waals surface area contributed by atoms with Crippen molar-refractivity contribution in [3.63, 3.8) is 0 Å². The van der Waals surface area contributed by atoms with E-state index in [1.54, 1.807) is 39.2 Å². The molecule has 3 rings (SSSR count). The van der Waals surface area contributed by atoms with Crippen molar-refractivity contribution >= 4 is 50.3 Å². The van der Waals surface area contributed by atoms with Gasteiger partial charge in [-0.3, -0.25) is 14.9 Å². The molecule has 12 heteroatoms. The fourth-order valence-corrected chi connectivity index (χ4v) is 7.38. The maximum Gasteiger partial charge on any atom is 0.253 e. The molecule has 0 unspecified atom stereocenters. The quantitative estimate of drug-likeness (QED) is 0.482. The standard InChI is InChI=1S/C24H32ClFN4O4S2/c1-15(20-8-9-21(25)35-20)14-36(33,34)22(13-28(2)3)27-18-10-11-30(24(18)32)19-7-6-16(12-17(19)26)23(31)29(4)5/h6-9,12,15,18,22,27H,10-11,13-14H2,1-5H3/t15-,18-,22-/m0/s1. The average Bonchev–Trinajstić information content (AvgIpc) is 3.38. The van der Waals surface area contributed by atoms with Crippen molar-refractivity contribution in [2.75, 3.05) is 51.9 Å². The van der Waals surface area contributed by atoms with Crippen molar-refractivity contribution in [3.05, 3.63) is 50.9 Å². The third-order valence-corrected chi connectivity index (χ3v) is 9.59. The molecule has 1 fully saturated rings. The summed E-state index contributed by atoms with van der Waals surface area (Å²) in [5.74, 6) is -1.79. The fourth-order valence-electron chi connectivity index (χ4n) is 4.16. The third-order valence-electron chi connectivity index (χ3n) is 6.01.